The molecule has 1 N–H and O–H groups in total. The van der Waals surface area contributed by atoms with Crippen molar-refractivity contribution in [2.24, 2.45) is 0 Å². The number of carbonyl (C=O) groups is 2. The Labute approximate surface area is 371 Å². The lowest BCUT2D eigenvalue weighted by Crippen LogP contribution is -2.37. The van der Waals surface area contributed by atoms with Crippen LogP contribution < -0.4 is 0 Å². The van der Waals surface area contributed by atoms with Gasteiger partial charge in [0.25, 0.3) is 0 Å². The Morgan fingerprint density at radius 3 is 1.30 bits per heavy atom. The van der Waals surface area contributed by atoms with E-state index in [-0.39, 0.29) is 32.0 Å². The van der Waals surface area contributed by atoms with Crippen molar-refractivity contribution in [3.63, 3.8) is 0 Å². The van der Waals surface area contributed by atoms with E-state index in [1.54, 1.807) is 0 Å². The van der Waals surface area contributed by atoms with Crippen molar-refractivity contribution in [1.29, 1.82) is 0 Å². The fraction of sp³-hybridized carbons (Fsp3) is 0.920. The third-order valence-electron chi connectivity index (χ3n) is 11.3. The van der Waals surface area contributed by atoms with Gasteiger partial charge in [0.1, 0.15) is 19.8 Å². The van der Waals surface area contributed by atoms with Gasteiger partial charge in [-0.1, -0.05) is 219 Å². The second kappa shape index (κ2) is 43.0. The molecule has 0 aliphatic carbocycles. The van der Waals surface area contributed by atoms with Gasteiger partial charge in [0.05, 0.1) is 27.7 Å². The van der Waals surface area contributed by atoms with Crippen LogP contribution >= 0.6 is 7.82 Å². The average Bonchev–Trinajstić information content (AvgIpc) is 3.20. The molecule has 0 aliphatic rings. The molecule has 0 amide bonds. The van der Waals surface area contributed by atoms with E-state index in [0.717, 1.165) is 32.1 Å². The van der Waals surface area contributed by atoms with E-state index >= 15 is 0 Å². The van der Waals surface area contributed by atoms with Crippen LogP contribution in [0.2, 0.25) is 0 Å². The van der Waals surface area contributed by atoms with Gasteiger partial charge >= 0.3 is 19.8 Å². The first kappa shape index (κ1) is 58.8. The van der Waals surface area contributed by atoms with E-state index in [1.165, 1.54) is 180 Å². The van der Waals surface area contributed by atoms with Crippen LogP contribution in [0.1, 0.15) is 245 Å². The molecule has 0 aromatic heterocycles. The minimum atomic E-state index is -4.38. The van der Waals surface area contributed by atoms with Crippen LogP contribution in [0.25, 0.3) is 0 Å². The van der Waals surface area contributed by atoms with Gasteiger partial charge in [-0.2, -0.15) is 0 Å². The number of ether oxygens (including phenoxy) is 2. The Morgan fingerprint density at radius 2 is 0.883 bits per heavy atom. The van der Waals surface area contributed by atoms with Crippen molar-refractivity contribution >= 4 is 19.8 Å². The summed E-state index contributed by atoms with van der Waals surface area (Å²) in [5, 5.41) is 0. The Kier molecular flexibility index (Phi) is 42.1. The minimum absolute atomic E-state index is 0.0295. The lowest BCUT2D eigenvalue weighted by molar-refractivity contribution is -0.870. The number of likely N-dealkylation sites (N-methyl/N-ethyl adjacent to an activating group) is 1. The van der Waals surface area contributed by atoms with Crippen LogP contribution in [-0.2, 0) is 32.7 Å². The number of hydrogen-bond acceptors (Lipinski definition) is 7. The smallest absolute Gasteiger partial charge is 0.462 e. The molecular formula is C50H99NO8P+. The standard InChI is InChI=1S/C50H98NO8P/c1-6-8-10-12-14-16-18-20-22-23-24-25-26-27-29-30-32-34-36-38-40-42-49(52)56-46-48(47-58-60(54,55)57-45-44-51(3,4)5)59-50(53)43-41-39-37-35-33-31-28-21-19-17-15-13-11-9-7-2/h37,39,48H,6-36,38,40-47H2,1-5H3/p+1/b39-37+/t48-/m0/s1. The maximum Gasteiger partial charge on any atom is 0.472 e. The van der Waals surface area contributed by atoms with E-state index in [1.807, 2.05) is 27.2 Å². The summed E-state index contributed by atoms with van der Waals surface area (Å²) < 4.78 is 34.4. The number of phosphoric ester groups is 1. The molecule has 10 heteroatoms. The van der Waals surface area contributed by atoms with Gasteiger partial charge in [-0.05, 0) is 25.7 Å². The van der Waals surface area contributed by atoms with Crippen molar-refractivity contribution in [3.05, 3.63) is 12.2 Å². The molecule has 0 saturated heterocycles. The predicted octanol–water partition coefficient (Wildman–Crippen LogP) is 14.9. The minimum Gasteiger partial charge on any atom is -0.462 e. The maximum absolute atomic E-state index is 12.7. The lowest BCUT2D eigenvalue weighted by Gasteiger charge is -2.24. The van der Waals surface area contributed by atoms with Crippen LogP contribution in [0.4, 0.5) is 0 Å². The maximum atomic E-state index is 12.7. The van der Waals surface area contributed by atoms with Gasteiger partial charge in [0.15, 0.2) is 6.10 Å². The third kappa shape index (κ3) is 46.3. The van der Waals surface area contributed by atoms with E-state index in [0.29, 0.717) is 17.4 Å². The number of quaternary nitrogens is 1. The molecule has 0 aromatic rings. The highest BCUT2D eigenvalue weighted by Gasteiger charge is 2.27. The molecule has 0 spiro atoms. The van der Waals surface area contributed by atoms with E-state index < -0.39 is 26.5 Å². The molecule has 0 heterocycles. The third-order valence-corrected chi connectivity index (χ3v) is 12.3. The van der Waals surface area contributed by atoms with Gasteiger partial charge < -0.3 is 18.9 Å². The summed E-state index contributed by atoms with van der Waals surface area (Å²) >= 11 is 0. The van der Waals surface area contributed by atoms with Gasteiger partial charge in [0, 0.05) is 12.8 Å². The summed E-state index contributed by atoms with van der Waals surface area (Å²) in [6.07, 6.45) is 47.1. The predicted molar refractivity (Wildman–Crippen MR) is 252 cm³/mol. The van der Waals surface area contributed by atoms with Crippen LogP contribution in [0.3, 0.4) is 0 Å². The van der Waals surface area contributed by atoms with E-state index in [4.69, 9.17) is 18.5 Å². The summed E-state index contributed by atoms with van der Waals surface area (Å²) in [4.78, 5) is 35.5. The molecule has 1 unspecified atom stereocenters. The molecule has 356 valence electrons. The van der Waals surface area contributed by atoms with Gasteiger partial charge in [-0.3, -0.25) is 18.6 Å². The number of carbonyl (C=O) groups excluding carboxylic acids is 2. The molecule has 2 atom stereocenters. The fourth-order valence-electron chi connectivity index (χ4n) is 7.33. The summed E-state index contributed by atoms with van der Waals surface area (Å²) in [6.45, 7) is 4.43. The zero-order valence-corrected chi connectivity index (χ0v) is 41.1. The summed E-state index contributed by atoms with van der Waals surface area (Å²) in [5.41, 5.74) is 0. The molecule has 0 saturated carbocycles. The molecule has 60 heavy (non-hydrogen) atoms. The number of unbranched alkanes of at least 4 members (excludes halogenated alkanes) is 31. The molecule has 0 radical (unpaired) electrons. The number of allylic oxidation sites excluding steroid dienone is 2. The summed E-state index contributed by atoms with van der Waals surface area (Å²) in [7, 11) is 1.47. The van der Waals surface area contributed by atoms with Crippen molar-refractivity contribution in [1.82, 2.24) is 0 Å². The largest absolute Gasteiger partial charge is 0.472 e. The number of hydrogen-bond donors (Lipinski definition) is 1. The van der Waals surface area contributed by atoms with E-state index in [9.17, 15) is 19.0 Å². The van der Waals surface area contributed by atoms with E-state index in [2.05, 4.69) is 19.9 Å². The van der Waals surface area contributed by atoms with Crippen LogP contribution in [-0.4, -0.2) is 74.9 Å². The number of esters is 2. The number of phosphoric acid groups is 1. The van der Waals surface area contributed by atoms with Crippen molar-refractivity contribution < 1.29 is 42.1 Å². The zero-order valence-electron chi connectivity index (χ0n) is 40.2. The van der Waals surface area contributed by atoms with Crippen molar-refractivity contribution in [2.75, 3.05) is 47.5 Å². The lowest BCUT2D eigenvalue weighted by atomic mass is 10.0. The topological polar surface area (TPSA) is 108 Å². The summed E-state index contributed by atoms with van der Waals surface area (Å²) in [6, 6.07) is 0. The molecule has 0 fully saturated rings. The Morgan fingerprint density at radius 1 is 0.500 bits per heavy atom. The Hall–Kier alpha value is -1.25. The van der Waals surface area contributed by atoms with Crippen LogP contribution in [0.15, 0.2) is 12.2 Å². The number of rotatable bonds is 47. The SMILES string of the molecule is CCCCCCCCCCCCC/C=C/CCC(=O)O[C@@H](COC(=O)CCCCCCCCCCCCCCCCCCCCCCC)COP(=O)(O)OCC[N+](C)(C)C. The van der Waals surface area contributed by atoms with Crippen LogP contribution in [0, 0.1) is 0 Å². The molecular weight excluding hydrogens is 774 g/mol. The molecule has 0 bridgehead atoms. The first-order chi connectivity index (χ1) is 29.0. The van der Waals surface area contributed by atoms with Gasteiger partial charge in [0.2, 0.25) is 0 Å². The monoisotopic (exact) mass is 873 g/mol. The molecule has 0 rings (SSSR count). The second-order valence-corrected chi connectivity index (χ2v) is 20.0. The highest BCUT2D eigenvalue weighted by molar-refractivity contribution is 7.47. The Balaban J connectivity index is 4.22. The second-order valence-electron chi connectivity index (χ2n) is 18.6. The highest BCUT2D eigenvalue weighted by Crippen LogP contribution is 2.43. The number of nitrogens with zero attached hydrogens (tertiary/aromatic N) is 1. The van der Waals surface area contributed by atoms with Crippen molar-refractivity contribution in [2.45, 2.75) is 251 Å². The summed E-state index contributed by atoms with van der Waals surface area (Å²) in [5.74, 6) is -0.840. The quantitative estimate of drug-likeness (QED) is 0.0212. The first-order valence-corrected chi connectivity index (χ1v) is 26.9. The van der Waals surface area contributed by atoms with Crippen molar-refractivity contribution in [3.8, 4) is 0 Å². The molecule has 0 aliphatic heterocycles. The van der Waals surface area contributed by atoms with Gasteiger partial charge in [-0.15, -0.1) is 0 Å². The Bertz CT molecular complexity index is 1030. The first-order valence-electron chi connectivity index (χ1n) is 25.4. The molecule has 0 aromatic carbocycles. The molecule has 9 nitrogen and oxygen atoms in total. The highest BCUT2D eigenvalue weighted by atomic mass is 31.2. The average molecular weight is 873 g/mol. The normalized spacial score (nSPS) is 13.5. The van der Waals surface area contributed by atoms with Crippen LogP contribution in [0.5, 0.6) is 0 Å². The van der Waals surface area contributed by atoms with Gasteiger partial charge in [-0.25, -0.2) is 4.57 Å². The fourth-order valence-corrected chi connectivity index (χ4v) is 8.07. The zero-order chi connectivity index (χ0) is 44.3.